The first-order valence-corrected chi connectivity index (χ1v) is 10.5. The number of carbonyl (C=O) groups excluding carboxylic acids is 1. The van der Waals surface area contributed by atoms with Gasteiger partial charge in [0.1, 0.15) is 5.76 Å². The van der Waals surface area contributed by atoms with Gasteiger partial charge in [-0.3, -0.25) is 9.78 Å². The Bertz CT molecular complexity index is 1090. The van der Waals surface area contributed by atoms with Crippen molar-refractivity contribution in [2.45, 2.75) is 51.7 Å². The highest BCUT2D eigenvalue weighted by Crippen LogP contribution is 2.32. The predicted octanol–water partition coefficient (Wildman–Crippen LogP) is 5.20. The largest absolute Gasteiger partial charge is 0.416 e. The van der Waals surface area contributed by atoms with E-state index < -0.39 is 11.7 Å². The zero-order valence-corrected chi connectivity index (χ0v) is 17.9. The van der Waals surface area contributed by atoms with Crippen molar-refractivity contribution in [3.63, 3.8) is 0 Å². The van der Waals surface area contributed by atoms with E-state index in [0.717, 1.165) is 41.4 Å². The zero-order valence-electron chi connectivity index (χ0n) is 17.9. The molecule has 2 aromatic heterocycles. The normalized spacial score (nSPS) is 16.5. The van der Waals surface area contributed by atoms with Gasteiger partial charge in [-0.1, -0.05) is 29.4 Å². The summed E-state index contributed by atoms with van der Waals surface area (Å²) in [6.45, 7) is 4.29. The first-order chi connectivity index (χ1) is 15.2. The number of pyridine rings is 1. The van der Waals surface area contributed by atoms with Gasteiger partial charge in [-0.2, -0.15) is 13.2 Å². The van der Waals surface area contributed by atoms with Crippen LogP contribution in [0.4, 0.5) is 13.2 Å². The van der Waals surface area contributed by atoms with Crippen LogP contribution in [0.25, 0.3) is 0 Å². The molecule has 0 radical (unpaired) electrons. The van der Waals surface area contributed by atoms with Gasteiger partial charge in [0.05, 0.1) is 29.4 Å². The maximum Gasteiger partial charge on any atom is 0.416 e. The van der Waals surface area contributed by atoms with Crippen LogP contribution in [0.3, 0.4) is 0 Å². The van der Waals surface area contributed by atoms with Crippen LogP contribution in [0.5, 0.6) is 0 Å². The summed E-state index contributed by atoms with van der Waals surface area (Å²) in [6, 6.07) is 8.97. The number of benzene rings is 1. The number of nitrogens with zero attached hydrogens (tertiary/aromatic N) is 3. The molecule has 0 saturated carbocycles. The fraction of sp³-hybridized carbons (Fsp3) is 0.375. The Morgan fingerprint density at radius 3 is 2.66 bits per heavy atom. The van der Waals surface area contributed by atoms with E-state index in [2.05, 4.69) is 10.1 Å². The monoisotopic (exact) mass is 443 g/mol. The van der Waals surface area contributed by atoms with Gasteiger partial charge < -0.3 is 9.42 Å². The Kier molecular flexibility index (Phi) is 6.04. The number of aromatic nitrogens is 2. The van der Waals surface area contributed by atoms with Gasteiger partial charge in [-0.05, 0) is 56.4 Å². The molecule has 1 atom stereocenters. The van der Waals surface area contributed by atoms with Crippen molar-refractivity contribution in [3.05, 3.63) is 82.0 Å². The van der Waals surface area contributed by atoms with E-state index >= 15 is 0 Å². The van der Waals surface area contributed by atoms with Crippen LogP contribution in [-0.2, 0) is 23.8 Å². The number of hydrogen-bond acceptors (Lipinski definition) is 4. The molecule has 1 aromatic carbocycles. The maximum atomic E-state index is 13.0. The topological polar surface area (TPSA) is 59.2 Å². The average Bonchev–Trinajstić information content (AvgIpc) is 3.36. The summed E-state index contributed by atoms with van der Waals surface area (Å²) in [6.07, 6.45) is -0.355. The van der Waals surface area contributed by atoms with E-state index in [4.69, 9.17) is 4.52 Å². The molecule has 1 aliphatic rings. The third kappa shape index (κ3) is 4.69. The molecule has 1 aliphatic heterocycles. The Morgan fingerprint density at radius 1 is 1.19 bits per heavy atom. The number of amides is 1. The van der Waals surface area contributed by atoms with Crippen LogP contribution in [0.2, 0.25) is 0 Å². The molecule has 5 nitrogen and oxygen atoms in total. The fourth-order valence-corrected chi connectivity index (χ4v) is 4.21. The lowest BCUT2D eigenvalue weighted by molar-refractivity contribution is -0.137. The molecule has 1 amide bonds. The number of rotatable bonds is 5. The van der Waals surface area contributed by atoms with E-state index in [1.165, 1.54) is 12.1 Å². The maximum absolute atomic E-state index is 13.0. The minimum atomic E-state index is -4.36. The second-order valence-electron chi connectivity index (χ2n) is 8.19. The lowest BCUT2D eigenvalue weighted by Crippen LogP contribution is -2.32. The smallest absolute Gasteiger partial charge is 0.361 e. The van der Waals surface area contributed by atoms with Crippen LogP contribution >= 0.6 is 0 Å². The highest BCUT2D eigenvalue weighted by molar-refractivity contribution is 5.80. The predicted molar refractivity (Wildman–Crippen MR) is 112 cm³/mol. The molecule has 32 heavy (non-hydrogen) atoms. The van der Waals surface area contributed by atoms with Gasteiger partial charge in [0, 0.05) is 18.3 Å². The SMILES string of the molecule is Cc1noc(C)c1CC(=O)N1CCC[C@@H]1c1ccc(Cc2cccc(C(F)(F)F)c2)cn1. The summed E-state index contributed by atoms with van der Waals surface area (Å²) in [5.74, 6) is 0.667. The highest BCUT2D eigenvalue weighted by Gasteiger charge is 2.32. The van der Waals surface area contributed by atoms with Crippen LogP contribution in [0.1, 0.15) is 58.3 Å². The third-order valence-electron chi connectivity index (χ3n) is 5.93. The highest BCUT2D eigenvalue weighted by atomic mass is 19.4. The number of aryl methyl sites for hydroxylation is 2. The van der Waals surface area contributed by atoms with E-state index in [0.29, 0.717) is 24.3 Å². The molecule has 3 heterocycles. The molecule has 168 valence electrons. The van der Waals surface area contributed by atoms with Crippen molar-refractivity contribution in [1.82, 2.24) is 15.0 Å². The van der Waals surface area contributed by atoms with E-state index in [1.54, 1.807) is 19.2 Å². The Balaban J connectivity index is 1.46. The quantitative estimate of drug-likeness (QED) is 0.544. The van der Waals surface area contributed by atoms with Gasteiger partial charge >= 0.3 is 6.18 Å². The molecule has 4 rings (SSSR count). The summed E-state index contributed by atoms with van der Waals surface area (Å²) in [4.78, 5) is 19.4. The molecule has 1 saturated heterocycles. The fourth-order valence-electron chi connectivity index (χ4n) is 4.21. The molecule has 3 aromatic rings. The average molecular weight is 443 g/mol. The number of halogens is 3. The van der Waals surface area contributed by atoms with Crippen molar-refractivity contribution < 1.29 is 22.5 Å². The minimum absolute atomic E-state index is 0.0109. The Morgan fingerprint density at radius 2 is 2.00 bits per heavy atom. The number of carbonyl (C=O) groups is 1. The molecule has 0 bridgehead atoms. The van der Waals surface area contributed by atoms with E-state index in [1.807, 2.05) is 24.0 Å². The van der Waals surface area contributed by atoms with Crippen molar-refractivity contribution in [1.29, 1.82) is 0 Å². The van der Waals surface area contributed by atoms with E-state index in [9.17, 15) is 18.0 Å². The van der Waals surface area contributed by atoms with Crippen molar-refractivity contribution in [2.24, 2.45) is 0 Å². The Labute approximate surface area is 184 Å². The summed E-state index contributed by atoms with van der Waals surface area (Å²) >= 11 is 0. The van der Waals surface area contributed by atoms with Gasteiger partial charge in [-0.25, -0.2) is 0 Å². The molecule has 0 N–H and O–H groups in total. The summed E-state index contributed by atoms with van der Waals surface area (Å²) < 4.78 is 44.0. The Hall–Kier alpha value is -3.16. The van der Waals surface area contributed by atoms with Crippen LogP contribution in [-0.4, -0.2) is 27.5 Å². The summed E-state index contributed by atoms with van der Waals surface area (Å²) in [7, 11) is 0. The minimum Gasteiger partial charge on any atom is -0.361 e. The van der Waals surface area contributed by atoms with Crippen LogP contribution in [0.15, 0.2) is 47.1 Å². The standard InChI is InChI=1S/C24H24F3N3O2/c1-15-20(16(2)32-29-15)13-23(31)30-10-4-7-22(30)21-9-8-18(14-28-21)11-17-5-3-6-19(12-17)24(25,26)27/h3,5-6,8-9,12,14,22H,4,7,10-11,13H2,1-2H3/t22-/m1/s1. The molecular weight excluding hydrogens is 419 g/mol. The lowest BCUT2D eigenvalue weighted by Gasteiger charge is -2.24. The summed E-state index contributed by atoms with van der Waals surface area (Å²) in [5.41, 5.74) is 3.08. The van der Waals surface area contributed by atoms with Crippen LogP contribution in [0, 0.1) is 13.8 Å². The third-order valence-corrected chi connectivity index (χ3v) is 5.93. The zero-order chi connectivity index (χ0) is 22.9. The van der Waals surface area contributed by atoms with E-state index in [-0.39, 0.29) is 18.4 Å². The molecular formula is C24H24F3N3O2. The molecule has 0 unspecified atom stereocenters. The van der Waals surface area contributed by atoms with Gasteiger partial charge in [0.2, 0.25) is 5.91 Å². The number of likely N-dealkylation sites (tertiary alicyclic amines) is 1. The van der Waals surface area contributed by atoms with Gasteiger partial charge in [0.25, 0.3) is 0 Å². The molecule has 1 fully saturated rings. The second-order valence-corrected chi connectivity index (χ2v) is 8.19. The van der Waals surface area contributed by atoms with Gasteiger partial charge in [0.15, 0.2) is 0 Å². The lowest BCUT2D eigenvalue weighted by atomic mass is 10.0. The second kappa shape index (κ2) is 8.76. The first-order valence-electron chi connectivity index (χ1n) is 10.5. The first kappa shape index (κ1) is 22.0. The summed E-state index contributed by atoms with van der Waals surface area (Å²) in [5, 5.41) is 3.92. The van der Waals surface area contributed by atoms with Crippen molar-refractivity contribution >= 4 is 5.91 Å². The molecule has 0 aliphatic carbocycles. The molecule has 8 heteroatoms. The van der Waals surface area contributed by atoms with Crippen molar-refractivity contribution in [2.75, 3.05) is 6.54 Å². The van der Waals surface area contributed by atoms with Crippen molar-refractivity contribution in [3.8, 4) is 0 Å². The molecule has 0 spiro atoms. The van der Waals surface area contributed by atoms with Gasteiger partial charge in [-0.15, -0.1) is 0 Å². The number of alkyl halides is 3. The number of hydrogen-bond donors (Lipinski definition) is 0. The van der Waals surface area contributed by atoms with Crippen LogP contribution < -0.4 is 0 Å².